The van der Waals surface area contributed by atoms with Gasteiger partial charge in [0, 0.05) is 32.7 Å². The Morgan fingerprint density at radius 3 is 2.41 bits per heavy atom. The summed E-state index contributed by atoms with van der Waals surface area (Å²) in [4.78, 5) is 11.4. The van der Waals surface area contributed by atoms with Gasteiger partial charge in [-0.3, -0.25) is 0 Å². The summed E-state index contributed by atoms with van der Waals surface area (Å²) in [5.41, 5.74) is -1.33. The van der Waals surface area contributed by atoms with E-state index in [1.54, 1.807) is 0 Å². The minimum atomic E-state index is -4.54. The normalized spacial score (nSPS) is 11.8. The summed E-state index contributed by atoms with van der Waals surface area (Å²) >= 11 is 2.67. The van der Waals surface area contributed by atoms with Gasteiger partial charge in [0.05, 0.1) is 0 Å². The summed E-state index contributed by atoms with van der Waals surface area (Å²) in [7, 11) is 0.385. The van der Waals surface area contributed by atoms with Gasteiger partial charge in [-0.05, 0) is 9.91 Å². The number of aromatic nitrogens is 1. The number of hydrogen-bond donors (Lipinski definition) is 0. The van der Waals surface area contributed by atoms with E-state index in [9.17, 15) is 27.3 Å². The molecule has 0 radical (unpaired) electrons. The molecule has 0 bridgehead atoms. The zero-order valence-corrected chi connectivity index (χ0v) is 10.8. The van der Waals surface area contributed by atoms with Crippen LogP contribution in [-0.2, 0) is 9.05 Å². The molecular formula is C6H2BrClF2N2O4S. The van der Waals surface area contributed by atoms with Crippen LogP contribution in [0.15, 0.2) is 15.6 Å². The van der Waals surface area contributed by atoms with Crippen molar-refractivity contribution in [2.75, 3.05) is 0 Å². The summed E-state index contributed by atoms with van der Waals surface area (Å²) < 4.78 is 47.1. The summed E-state index contributed by atoms with van der Waals surface area (Å²) in [6.45, 7) is 0. The second kappa shape index (κ2) is 4.78. The van der Waals surface area contributed by atoms with Crippen LogP contribution in [0.5, 0.6) is 0 Å². The Morgan fingerprint density at radius 1 is 1.53 bits per heavy atom. The molecule has 0 aromatic carbocycles. The molecule has 1 rings (SSSR count). The minimum absolute atomic E-state index is 0.284. The van der Waals surface area contributed by atoms with E-state index >= 15 is 0 Å². The Labute approximate surface area is 106 Å². The van der Waals surface area contributed by atoms with Crippen LogP contribution in [0.4, 0.5) is 14.6 Å². The molecule has 17 heavy (non-hydrogen) atoms. The summed E-state index contributed by atoms with van der Waals surface area (Å²) in [5, 5.41) is 10.5. The van der Waals surface area contributed by atoms with Crippen LogP contribution >= 0.6 is 26.6 Å². The standard InChI is InChI=1S/C6H2BrClF2N2O4S/c7-3-1-2(17(8,15)16)4(5(9)10)6(11-3)12(13)14/h1,5H. The first-order valence-corrected chi connectivity index (χ1v) is 6.82. The molecule has 1 aromatic rings. The fourth-order valence-electron chi connectivity index (χ4n) is 1.04. The van der Waals surface area contributed by atoms with E-state index < -0.39 is 36.7 Å². The lowest BCUT2D eigenvalue weighted by molar-refractivity contribution is -0.391. The van der Waals surface area contributed by atoms with E-state index in [1.807, 2.05) is 0 Å². The Kier molecular flexibility index (Phi) is 3.99. The first-order chi connectivity index (χ1) is 7.64. The Balaban J connectivity index is 3.77. The molecule has 0 aliphatic carbocycles. The number of alkyl halides is 2. The molecule has 11 heteroatoms. The smallest absolute Gasteiger partial charge is 0.358 e. The SMILES string of the molecule is O=[N+]([O-])c1nc(Br)cc(S(=O)(=O)Cl)c1C(F)F. The molecular weight excluding hydrogens is 349 g/mol. The van der Waals surface area contributed by atoms with Crippen molar-refractivity contribution in [2.45, 2.75) is 11.3 Å². The van der Waals surface area contributed by atoms with Crippen LogP contribution in [0.1, 0.15) is 12.0 Å². The van der Waals surface area contributed by atoms with E-state index in [0.717, 1.165) is 0 Å². The maximum atomic E-state index is 12.6. The molecule has 6 nitrogen and oxygen atoms in total. The quantitative estimate of drug-likeness (QED) is 0.361. The van der Waals surface area contributed by atoms with Gasteiger partial charge in [0.15, 0.2) is 0 Å². The summed E-state index contributed by atoms with van der Waals surface area (Å²) in [6, 6.07) is 0.677. The number of pyridine rings is 1. The topological polar surface area (TPSA) is 90.2 Å². The first-order valence-electron chi connectivity index (χ1n) is 3.72. The molecule has 0 unspecified atom stereocenters. The van der Waals surface area contributed by atoms with Gasteiger partial charge in [-0.2, -0.15) is 0 Å². The Morgan fingerprint density at radius 2 is 2.06 bits per heavy atom. The van der Waals surface area contributed by atoms with Gasteiger partial charge < -0.3 is 10.1 Å². The maximum absolute atomic E-state index is 12.6. The highest BCUT2D eigenvalue weighted by molar-refractivity contribution is 9.10. The van der Waals surface area contributed by atoms with Crippen molar-refractivity contribution in [1.82, 2.24) is 4.98 Å². The molecule has 0 spiro atoms. The van der Waals surface area contributed by atoms with Gasteiger partial charge in [0.2, 0.25) is 4.60 Å². The highest BCUT2D eigenvalue weighted by atomic mass is 79.9. The average Bonchev–Trinajstić information content (AvgIpc) is 2.14. The van der Waals surface area contributed by atoms with Crippen molar-refractivity contribution in [2.24, 2.45) is 0 Å². The Bertz CT molecular complexity index is 580. The van der Waals surface area contributed by atoms with E-state index in [4.69, 9.17) is 10.7 Å². The van der Waals surface area contributed by atoms with Crippen LogP contribution in [0.25, 0.3) is 0 Å². The monoisotopic (exact) mass is 350 g/mol. The van der Waals surface area contributed by atoms with Crippen LogP contribution in [0, 0.1) is 10.1 Å². The number of rotatable bonds is 3. The lowest BCUT2D eigenvalue weighted by Gasteiger charge is -2.05. The predicted octanol–water partition coefficient (Wildman–Crippen LogP) is 2.62. The number of hydrogen-bond acceptors (Lipinski definition) is 5. The largest absolute Gasteiger partial charge is 0.374 e. The Hall–Kier alpha value is -0.870. The predicted molar refractivity (Wildman–Crippen MR) is 56.6 cm³/mol. The third-order valence-electron chi connectivity index (χ3n) is 1.62. The molecule has 94 valence electrons. The molecule has 0 saturated heterocycles. The molecule has 0 aliphatic heterocycles. The zero-order valence-electron chi connectivity index (χ0n) is 7.60. The van der Waals surface area contributed by atoms with E-state index in [-0.39, 0.29) is 4.60 Å². The van der Waals surface area contributed by atoms with E-state index in [1.165, 1.54) is 0 Å². The van der Waals surface area contributed by atoms with Gasteiger partial charge in [0.25, 0.3) is 15.5 Å². The van der Waals surface area contributed by atoms with Crippen LogP contribution < -0.4 is 0 Å². The second-order valence-electron chi connectivity index (χ2n) is 2.68. The molecule has 1 aromatic heterocycles. The highest BCUT2D eigenvalue weighted by Gasteiger charge is 2.33. The number of nitrogens with zero attached hydrogens (tertiary/aromatic N) is 2. The highest BCUT2D eigenvalue weighted by Crippen LogP contribution is 2.36. The van der Waals surface area contributed by atoms with Gasteiger partial charge in [-0.15, -0.1) is 0 Å². The fourth-order valence-corrected chi connectivity index (χ4v) is 2.66. The van der Waals surface area contributed by atoms with E-state index in [2.05, 4.69) is 20.9 Å². The molecule has 0 N–H and O–H groups in total. The van der Waals surface area contributed by atoms with Crippen LogP contribution in [0.3, 0.4) is 0 Å². The summed E-state index contributed by atoms with van der Waals surface area (Å²) in [6.07, 6.45) is -3.39. The van der Waals surface area contributed by atoms with Crippen molar-refractivity contribution in [3.05, 3.63) is 26.3 Å². The lowest BCUT2D eigenvalue weighted by Crippen LogP contribution is -2.06. The second-order valence-corrected chi connectivity index (χ2v) is 6.02. The number of nitro groups is 1. The van der Waals surface area contributed by atoms with Crippen molar-refractivity contribution in [3.63, 3.8) is 0 Å². The van der Waals surface area contributed by atoms with Gasteiger partial charge >= 0.3 is 5.82 Å². The van der Waals surface area contributed by atoms with E-state index in [0.29, 0.717) is 6.07 Å². The summed E-state index contributed by atoms with van der Waals surface area (Å²) in [5.74, 6) is -1.26. The zero-order chi connectivity index (χ0) is 13.4. The van der Waals surface area contributed by atoms with Crippen LogP contribution in [0.2, 0.25) is 0 Å². The third-order valence-corrected chi connectivity index (χ3v) is 3.39. The fraction of sp³-hybridized carbons (Fsp3) is 0.167. The molecule has 0 aliphatic rings. The first kappa shape index (κ1) is 14.2. The van der Waals surface area contributed by atoms with Gasteiger partial charge in [-0.1, -0.05) is 0 Å². The van der Waals surface area contributed by atoms with Crippen molar-refractivity contribution < 1.29 is 22.1 Å². The molecule has 0 saturated carbocycles. The molecule has 0 atom stereocenters. The third kappa shape index (κ3) is 3.07. The van der Waals surface area contributed by atoms with Crippen molar-refractivity contribution >= 4 is 41.5 Å². The molecule has 0 fully saturated rings. The lowest BCUT2D eigenvalue weighted by atomic mass is 10.2. The number of halogens is 4. The van der Waals surface area contributed by atoms with Gasteiger partial charge in [0.1, 0.15) is 10.5 Å². The molecule has 0 amide bonds. The van der Waals surface area contributed by atoms with Gasteiger partial charge in [-0.25, -0.2) is 17.2 Å². The van der Waals surface area contributed by atoms with Crippen molar-refractivity contribution in [1.29, 1.82) is 0 Å². The molecule has 1 heterocycles. The average molecular weight is 352 g/mol. The van der Waals surface area contributed by atoms with Crippen molar-refractivity contribution in [3.8, 4) is 0 Å². The minimum Gasteiger partial charge on any atom is -0.358 e. The maximum Gasteiger partial charge on any atom is 0.374 e. The van der Waals surface area contributed by atoms with Crippen LogP contribution in [-0.4, -0.2) is 18.3 Å².